The van der Waals surface area contributed by atoms with Crippen LogP contribution in [0.25, 0.3) is 21.7 Å². The van der Waals surface area contributed by atoms with E-state index in [4.69, 9.17) is 4.42 Å². The van der Waals surface area contributed by atoms with Gasteiger partial charge in [-0.3, -0.25) is 14.9 Å². The number of rotatable bonds is 9. The minimum atomic E-state index is -3.62. The number of hydrogen-bond acceptors (Lipinski definition) is 8. The zero-order valence-electron chi connectivity index (χ0n) is 22.9. The number of thiophene rings is 1. The second-order valence-electron chi connectivity index (χ2n) is 9.61. The summed E-state index contributed by atoms with van der Waals surface area (Å²) < 4.78 is 33.2. The minimum absolute atomic E-state index is 0.0369. The van der Waals surface area contributed by atoms with E-state index in [-0.39, 0.29) is 29.0 Å². The summed E-state index contributed by atoms with van der Waals surface area (Å²) in [5.74, 6) is -0.0816. The number of hydrogen-bond donors (Lipinski definition) is 1. The van der Waals surface area contributed by atoms with Crippen molar-refractivity contribution in [3.8, 4) is 10.6 Å². The first-order valence-electron chi connectivity index (χ1n) is 13.2. The zero-order chi connectivity index (χ0) is 30.0. The Hall–Kier alpha value is -5.07. The largest absolute Gasteiger partial charge is 0.443 e. The first-order valence-corrected chi connectivity index (χ1v) is 15.7. The van der Waals surface area contributed by atoms with E-state index >= 15 is 0 Å². The molecule has 216 valence electrons. The van der Waals surface area contributed by atoms with Crippen LogP contribution >= 0.6 is 11.3 Å². The fourth-order valence-corrected chi connectivity index (χ4v) is 6.67. The Morgan fingerprint density at radius 3 is 2.44 bits per heavy atom. The van der Waals surface area contributed by atoms with Gasteiger partial charge in [0.1, 0.15) is 0 Å². The van der Waals surface area contributed by atoms with Crippen molar-refractivity contribution in [1.29, 1.82) is 0 Å². The third-order valence-corrected chi connectivity index (χ3v) is 9.67. The van der Waals surface area contributed by atoms with E-state index in [2.05, 4.69) is 15.3 Å². The molecule has 12 heteroatoms. The molecule has 0 spiro atoms. The van der Waals surface area contributed by atoms with Crippen LogP contribution in [0.5, 0.6) is 0 Å². The number of carbonyl (C=O) groups is 2. The van der Waals surface area contributed by atoms with Gasteiger partial charge >= 0.3 is 0 Å². The number of imidazole rings is 1. The standard InChI is InChI=1S/C31H25N5O5S2/c1-35(30(38)21-8-4-2-5-9-21)22-12-13-25-24(18-22)33-31(36(25)16-17-43(39,40)23-10-6-3-7-11-23)34-29(37)28-15-14-27(42-28)26-19-32-20-41-26/h2-15,18-20H,16-17H2,1H3,(H,33,34,37). The van der Waals surface area contributed by atoms with Crippen LogP contribution in [0, 0.1) is 0 Å². The molecular formula is C31H25N5O5S2. The highest BCUT2D eigenvalue weighted by atomic mass is 32.2. The molecule has 43 heavy (non-hydrogen) atoms. The van der Waals surface area contributed by atoms with Crippen molar-refractivity contribution in [2.45, 2.75) is 11.4 Å². The number of benzene rings is 3. The molecule has 0 bridgehead atoms. The molecule has 3 aromatic heterocycles. The van der Waals surface area contributed by atoms with Gasteiger partial charge in [0.15, 0.2) is 22.0 Å². The molecule has 6 rings (SSSR count). The number of anilines is 2. The quantitative estimate of drug-likeness (QED) is 0.220. The number of sulfone groups is 1. The average molecular weight is 612 g/mol. The molecule has 2 amide bonds. The molecular weight excluding hydrogens is 587 g/mol. The Labute approximate surface area is 251 Å². The zero-order valence-corrected chi connectivity index (χ0v) is 24.5. The van der Waals surface area contributed by atoms with E-state index < -0.39 is 15.7 Å². The molecule has 6 aromatic rings. The lowest BCUT2D eigenvalue weighted by Crippen LogP contribution is -2.26. The van der Waals surface area contributed by atoms with E-state index in [0.29, 0.717) is 32.9 Å². The van der Waals surface area contributed by atoms with Crippen LogP contribution in [0.2, 0.25) is 0 Å². The van der Waals surface area contributed by atoms with E-state index in [1.165, 1.54) is 22.6 Å². The van der Waals surface area contributed by atoms with Crippen LogP contribution < -0.4 is 10.2 Å². The van der Waals surface area contributed by atoms with E-state index in [9.17, 15) is 18.0 Å². The maximum atomic E-state index is 13.3. The summed E-state index contributed by atoms with van der Waals surface area (Å²) in [4.78, 5) is 37.8. The molecule has 0 aliphatic carbocycles. The predicted octanol–water partition coefficient (Wildman–Crippen LogP) is 5.76. The van der Waals surface area contributed by atoms with E-state index in [1.807, 2.05) is 6.07 Å². The number of nitrogens with one attached hydrogen (secondary N) is 1. The summed E-state index contributed by atoms with van der Waals surface area (Å²) in [6.07, 6.45) is 2.89. The van der Waals surface area contributed by atoms with Gasteiger partial charge in [-0.2, -0.15) is 0 Å². The number of carbonyl (C=O) groups excluding carboxylic acids is 2. The first kappa shape index (κ1) is 28.1. The number of oxazole rings is 1. The highest BCUT2D eigenvalue weighted by Gasteiger charge is 2.21. The van der Waals surface area contributed by atoms with Crippen molar-refractivity contribution < 1.29 is 22.4 Å². The molecule has 0 saturated heterocycles. The van der Waals surface area contributed by atoms with Crippen LogP contribution in [-0.4, -0.2) is 47.6 Å². The Kier molecular flexibility index (Phi) is 7.61. The van der Waals surface area contributed by atoms with Crippen molar-refractivity contribution in [2.75, 3.05) is 23.0 Å². The van der Waals surface area contributed by atoms with Gasteiger partial charge in [-0.25, -0.2) is 18.4 Å². The second kappa shape index (κ2) is 11.7. The summed E-state index contributed by atoms with van der Waals surface area (Å²) in [6, 6.07) is 25.8. The van der Waals surface area contributed by atoms with Crippen LogP contribution in [0.4, 0.5) is 11.6 Å². The van der Waals surface area contributed by atoms with Crippen LogP contribution in [0.1, 0.15) is 20.0 Å². The SMILES string of the molecule is CN(C(=O)c1ccccc1)c1ccc2c(c1)nc(NC(=O)c1ccc(-c3cnco3)s1)n2CCS(=O)(=O)c1ccccc1. The molecule has 0 aliphatic rings. The highest BCUT2D eigenvalue weighted by molar-refractivity contribution is 7.91. The molecule has 0 atom stereocenters. The molecule has 3 aromatic carbocycles. The number of aryl methyl sites for hydroxylation is 1. The topological polar surface area (TPSA) is 127 Å². The molecule has 0 radical (unpaired) electrons. The molecule has 0 saturated carbocycles. The fourth-order valence-electron chi connectivity index (χ4n) is 4.59. The van der Waals surface area contributed by atoms with Crippen molar-refractivity contribution >= 4 is 55.7 Å². The fraction of sp³-hybridized carbons (Fsp3) is 0.0968. The second-order valence-corrected chi connectivity index (χ2v) is 12.8. The number of fused-ring (bicyclic) bond motifs is 1. The monoisotopic (exact) mass is 611 g/mol. The molecule has 0 unspecified atom stereocenters. The van der Waals surface area contributed by atoms with E-state index in [0.717, 1.165) is 4.88 Å². The maximum Gasteiger partial charge on any atom is 0.268 e. The van der Waals surface area contributed by atoms with Gasteiger partial charge < -0.3 is 13.9 Å². The van der Waals surface area contributed by atoms with Crippen LogP contribution in [0.15, 0.2) is 113 Å². The summed E-state index contributed by atoms with van der Waals surface area (Å²) >= 11 is 1.23. The van der Waals surface area contributed by atoms with Crippen molar-refractivity contribution in [3.05, 3.63) is 114 Å². The normalized spacial score (nSPS) is 11.5. The average Bonchev–Trinajstić information content (AvgIpc) is 3.80. The first-order chi connectivity index (χ1) is 20.8. The summed E-state index contributed by atoms with van der Waals surface area (Å²) in [6.45, 7) is 0.0369. The molecule has 3 heterocycles. The Morgan fingerprint density at radius 1 is 0.977 bits per heavy atom. The van der Waals surface area contributed by atoms with E-state index in [1.54, 1.807) is 103 Å². The maximum absolute atomic E-state index is 13.3. The Morgan fingerprint density at radius 2 is 1.72 bits per heavy atom. The third-order valence-electron chi connectivity index (χ3n) is 6.86. The molecule has 0 fully saturated rings. The van der Waals surface area contributed by atoms with Crippen molar-refractivity contribution in [1.82, 2.24) is 14.5 Å². The van der Waals surface area contributed by atoms with Gasteiger partial charge in [-0.05, 0) is 54.6 Å². The summed E-state index contributed by atoms with van der Waals surface area (Å²) in [5.41, 5.74) is 2.23. The Bertz CT molecular complexity index is 2020. The summed E-state index contributed by atoms with van der Waals surface area (Å²) in [7, 11) is -1.94. The lowest BCUT2D eigenvalue weighted by molar-refractivity contribution is 0.0991. The predicted molar refractivity (Wildman–Crippen MR) is 165 cm³/mol. The van der Waals surface area contributed by atoms with Crippen molar-refractivity contribution in [3.63, 3.8) is 0 Å². The summed E-state index contributed by atoms with van der Waals surface area (Å²) in [5, 5.41) is 2.85. The number of amides is 2. The van der Waals surface area contributed by atoms with Crippen LogP contribution in [-0.2, 0) is 16.4 Å². The van der Waals surface area contributed by atoms with Gasteiger partial charge in [0.25, 0.3) is 11.8 Å². The highest BCUT2D eigenvalue weighted by Crippen LogP contribution is 2.30. The molecule has 10 nitrogen and oxygen atoms in total. The van der Waals surface area contributed by atoms with Crippen LogP contribution in [0.3, 0.4) is 0 Å². The molecule has 1 N–H and O–H groups in total. The van der Waals surface area contributed by atoms with Gasteiger partial charge in [0.05, 0.1) is 37.6 Å². The van der Waals surface area contributed by atoms with Gasteiger partial charge in [-0.1, -0.05) is 36.4 Å². The Balaban J connectivity index is 1.33. The smallest absolute Gasteiger partial charge is 0.268 e. The number of aromatic nitrogens is 3. The third kappa shape index (κ3) is 5.83. The lowest BCUT2D eigenvalue weighted by atomic mass is 10.2. The van der Waals surface area contributed by atoms with Gasteiger partial charge in [0, 0.05) is 24.8 Å². The van der Waals surface area contributed by atoms with Gasteiger partial charge in [-0.15, -0.1) is 11.3 Å². The lowest BCUT2D eigenvalue weighted by Gasteiger charge is -2.17. The van der Waals surface area contributed by atoms with Gasteiger partial charge in [0.2, 0.25) is 5.95 Å². The molecule has 0 aliphatic heterocycles. The number of nitrogens with zero attached hydrogens (tertiary/aromatic N) is 4. The van der Waals surface area contributed by atoms with Crippen molar-refractivity contribution in [2.24, 2.45) is 0 Å². The minimum Gasteiger partial charge on any atom is -0.443 e.